The van der Waals surface area contributed by atoms with Crippen LogP contribution in [0.25, 0.3) is 0 Å². The zero-order chi connectivity index (χ0) is 42.2. The third kappa shape index (κ3) is 18.2. The van der Waals surface area contributed by atoms with Crippen molar-refractivity contribution in [1.82, 2.24) is 36.4 Å². The number of rotatable bonds is 18. The van der Waals surface area contributed by atoms with E-state index >= 15 is 0 Å². The van der Waals surface area contributed by atoms with Gasteiger partial charge in [0.25, 0.3) is 0 Å². The molecule has 1 saturated heterocycles. The number of unbranched alkanes of at least 4 members (excludes halogenated alkanes) is 1. The minimum absolute atomic E-state index is 0.0797. The summed E-state index contributed by atoms with van der Waals surface area (Å²) in [5.41, 5.74) is 0.683. The normalized spacial score (nSPS) is 15.5. The van der Waals surface area contributed by atoms with E-state index in [0.717, 1.165) is 12.8 Å². The van der Waals surface area contributed by atoms with Gasteiger partial charge in [-0.15, -0.1) is 0 Å². The number of urea groups is 1. The van der Waals surface area contributed by atoms with Gasteiger partial charge in [0.1, 0.15) is 18.1 Å². The summed E-state index contributed by atoms with van der Waals surface area (Å²) in [7, 11) is 3.19. The molecule has 1 aliphatic heterocycles. The average molecular weight is 772 g/mol. The summed E-state index contributed by atoms with van der Waals surface area (Å²) in [5, 5.41) is 13.8. The van der Waals surface area contributed by atoms with Crippen LogP contribution in [0, 0.1) is 11.8 Å². The first-order chi connectivity index (χ1) is 26.0. The summed E-state index contributed by atoms with van der Waals surface area (Å²) in [4.78, 5) is 81.8. The molecule has 1 aromatic carbocycles. The largest absolute Gasteiger partial charge is 0.347 e. The molecular weight excluding hydrogens is 699 g/mol. The van der Waals surface area contributed by atoms with Crippen LogP contribution >= 0.6 is 0 Å². The van der Waals surface area contributed by atoms with E-state index in [1.165, 1.54) is 22.6 Å². The molecule has 1 heterocycles. The predicted molar refractivity (Wildman–Crippen MR) is 221 cm³/mol. The highest BCUT2D eigenvalue weighted by molar-refractivity contribution is 5.98. The summed E-state index contributed by atoms with van der Waals surface area (Å²) < 4.78 is 0. The molecule has 5 atom stereocenters. The fourth-order valence-electron chi connectivity index (χ4n) is 5.85. The molecule has 0 bridgehead atoms. The van der Waals surface area contributed by atoms with E-state index in [0.29, 0.717) is 31.4 Å². The van der Waals surface area contributed by atoms with Gasteiger partial charge in [-0.2, -0.15) is 0 Å². The van der Waals surface area contributed by atoms with Crippen molar-refractivity contribution in [3.63, 3.8) is 0 Å². The Kier molecular flexibility index (Phi) is 25.0. The van der Waals surface area contributed by atoms with Gasteiger partial charge in [0, 0.05) is 32.3 Å². The Morgan fingerprint density at radius 2 is 1.45 bits per heavy atom. The monoisotopic (exact) mass is 772 g/mol. The minimum atomic E-state index is -0.933. The second-order valence-corrected chi connectivity index (χ2v) is 14.7. The number of benzene rings is 1. The molecule has 0 aliphatic carbocycles. The van der Waals surface area contributed by atoms with Crippen LogP contribution in [-0.2, 0) is 24.0 Å². The van der Waals surface area contributed by atoms with Gasteiger partial charge in [-0.3, -0.25) is 24.0 Å². The average Bonchev–Trinajstić information content (AvgIpc) is 3.65. The second-order valence-electron chi connectivity index (χ2n) is 14.7. The lowest BCUT2D eigenvalue weighted by atomic mass is 9.92. The number of nitrogens with one attached hydrogen (secondary N) is 5. The number of amides is 7. The van der Waals surface area contributed by atoms with Crippen molar-refractivity contribution < 1.29 is 28.8 Å². The topological polar surface area (TPSA) is 169 Å². The van der Waals surface area contributed by atoms with E-state index in [1.807, 2.05) is 54.5 Å². The Balaban J connectivity index is 0.00000454. The van der Waals surface area contributed by atoms with Crippen molar-refractivity contribution in [2.24, 2.45) is 11.8 Å². The number of likely N-dealkylation sites (N-methyl/N-ethyl adjacent to an activating group) is 1. The number of hydrogen-bond acceptors (Lipinski definition) is 6. The standard InChI is InChI=1S/C36H57N7O6.C4H10.C2H6/c1-10-15-24(6)20-27(25(7)32(45)37-21-29(44)40-31(34(47)42(8)9)26-16-12-11-13-17-26)39-33(46)28-18-14-19-43(28)35(48)30(22(2)3)41-36(49)38-23(4)5;1-3-4-2;1-2/h11-13,16-17,22-24,27-28,30-31H,7,10,14-15,18-21H2,1-6,8-9H3,(H,37,45)(H,39,46)(H,40,44)(H2,38,41,49);3-4H2,1-2H3;1-2H3. The molecule has 1 aliphatic rings. The lowest BCUT2D eigenvalue weighted by molar-refractivity contribution is -0.140. The molecule has 0 spiro atoms. The maximum absolute atomic E-state index is 13.8. The van der Waals surface area contributed by atoms with Gasteiger partial charge in [0.2, 0.25) is 29.5 Å². The summed E-state index contributed by atoms with van der Waals surface area (Å²) in [5.74, 6) is -2.33. The molecule has 13 nitrogen and oxygen atoms in total. The lowest BCUT2D eigenvalue weighted by Gasteiger charge is -2.32. The second kappa shape index (κ2) is 27.2. The van der Waals surface area contributed by atoms with Crippen molar-refractivity contribution in [1.29, 1.82) is 0 Å². The first-order valence-corrected chi connectivity index (χ1v) is 20.2. The summed E-state index contributed by atoms with van der Waals surface area (Å²) in [6.07, 6.45) is 5.88. The third-order valence-corrected chi connectivity index (χ3v) is 8.96. The zero-order valence-electron chi connectivity index (χ0n) is 35.8. The fourth-order valence-corrected chi connectivity index (χ4v) is 5.85. The van der Waals surface area contributed by atoms with E-state index in [-0.39, 0.29) is 35.3 Å². The van der Waals surface area contributed by atoms with Crippen molar-refractivity contribution in [2.75, 3.05) is 27.2 Å². The molecule has 5 unspecified atom stereocenters. The first-order valence-electron chi connectivity index (χ1n) is 20.2. The molecule has 0 saturated carbocycles. The smallest absolute Gasteiger partial charge is 0.315 e. The van der Waals surface area contributed by atoms with Crippen LogP contribution in [0.3, 0.4) is 0 Å². The molecule has 2 rings (SSSR count). The Labute approximate surface area is 331 Å². The molecule has 7 amide bonds. The SMILES string of the molecule is C=C(C(=O)NCC(=O)NC(C(=O)N(C)C)c1ccccc1)C(CC(C)CCC)NC(=O)C1CCCN1C(=O)C(NC(=O)NC(C)C)C(C)C.CC.CCCC. The number of carbonyl (C=O) groups excluding carboxylic acids is 6. The van der Waals surface area contributed by atoms with E-state index < -0.39 is 54.5 Å². The van der Waals surface area contributed by atoms with Gasteiger partial charge in [-0.1, -0.05) is 118 Å². The fraction of sp³-hybridized carbons (Fsp3) is 0.667. The van der Waals surface area contributed by atoms with Gasteiger partial charge in [-0.05, 0) is 50.5 Å². The van der Waals surface area contributed by atoms with Crippen molar-refractivity contribution in [3.8, 4) is 0 Å². The minimum Gasteiger partial charge on any atom is -0.347 e. The maximum atomic E-state index is 13.8. The zero-order valence-corrected chi connectivity index (χ0v) is 35.8. The van der Waals surface area contributed by atoms with Crippen molar-refractivity contribution >= 4 is 35.6 Å². The number of carbonyl (C=O) groups is 6. The Morgan fingerprint density at radius 3 is 1.96 bits per heavy atom. The third-order valence-electron chi connectivity index (χ3n) is 8.96. The highest BCUT2D eigenvalue weighted by Gasteiger charge is 2.40. The predicted octanol–water partition coefficient (Wildman–Crippen LogP) is 5.47. The summed E-state index contributed by atoms with van der Waals surface area (Å²) in [6.45, 7) is 23.7. The molecule has 5 N–H and O–H groups in total. The van der Waals surface area contributed by atoms with Crippen LogP contribution < -0.4 is 26.6 Å². The maximum Gasteiger partial charge on any atom is 0.315 e. The quantitative estimate of drug-likeness (QED) is 0.124. The van der Waals surface area contributed by atoms with E-state index in [1.54, 1.807) is 38.4 Å². The van der Waals surface area contributed by atoms with Gasteiger partial charge in [0.15, 0.2) is 0 Å². The highest BCUT2D eigenvalue weighted by atomic mass is 16.2. The molecule has 312 valence electrons. The van der Waals surface area contributed by atoms with Crippen LogP contribution in [0.15, 0.2) is 42.5 Å². The number of nitrogens with zero attached hydrogens (tertiary/aromatic N) is 2. The Hall–Kier alpha value is -4.42. The van der Waals surface area contributed by atoms with E-state index in [2.05, 4.69) is 53.9 Å². The first kappa shape index (κ1) is 50.6. The molecule has 1 fully saturated rings. The van der Waals surface area contributed by atoms with Crippen LogP contribution in [0.4, 0.5) is 4.79 Å². The van der Waals surface area contributed by atoms with Crippen molar-refractivity contribution in [2.45, 2.75) is 144 Å². The molecule has 1 aromatic rings. The van der Waals surface area contributed by atoms with E-state index in [9.17, 15) is 28.8 Å². The van der Waals surface area contributed by atoms with Crippen molar-refractivity contribution in [3.05, 3.63) is 48.0 Å². The Bertz CT molecular complexity index is 1350. The Morgan fingerprint density at radius 1 is 0.855 bits per heavy atom. The van der Waals surface area contributed by atoms with Gasteiger partial charge in [-0.25, -0.2) is 4.79 Å². The van der Waals surface area contributed by atoms with Crippen LogP contribution in [0.1, 0.15) is 126 Å². The number of likely N-dealkylation sites (tertiary alicyclic amines) is 1. The van der Waals surface area contributed by atoms with Gasteiger partial charge in [0.05, 0.1) is 12.6 Å². The van der Waals surface area contributed by atoms with Gasteiger partial charge < -0.3 is 36.4 Å². The van der Waals surface area contributed by atoms with Crippen LogP contribution in [-0.4, -0.2) is 96.7 Å². The van der Waals surface area contributed by atoms with Crippen LogP contribution in [0.2, 0.25) is 0 Å². The summed E-state index contributed by atoms with van der Waals surface area (Å²) in [6, 6.07) is 4.96. The molecule has 13 heteroatoms. The highest BCUT2D eigenvalue weighted by Crippen LogP contribution is 2.23. The van der Waals surface area contributed by atoms with Crippen LogP contribution in [0.5, 0.6) is 0 Å². The van der Waals surface area contributed by atoms with E-state index in [4.69, 9.17) is 0 Å². The summed E-state index contributed by atoms with van der Waals surface area (Å²) >= 11 is 0. The molecule has 55 heavy (non-hydrogen) atoms. The van der Waals surface area contributed by atoms with Gasteiger partial charge >= 0.3 is 6.03 Å². The number of hydrogen-bond donors (Lipinski definition) is 5. The molecular formula is C42H73N7O6. The molecule has 0 aromatic heterocycles. The lowest BCUT2D eigenvalue weighted by Crippen LogP contribution is -2.58. The molecule has 0 radical (unpaired) electrons.